The number of nitrogens with two attached hydrogens (primary N) is 1. The summed E-state index contributed by atoms with van der Waals surface area (Å²) >= 11 is 7.29. The van der Waals surface area contributed by atoms with Crippen molar-refractivity contribution >= 4 is 44.8 Å². The average Bonchev–Trinajstić information content (AvgIpc) is 2.41. The second-order valence-corrected chi connectivity index (χ2v) is 6.92. The molecule has 20 heavy (non-hydrogen) atoms. The van der Waals surface area contributed by atoms with Gasteiger partial charge in [0.15, 0.2) is 0 Å². The summed E-state index contributed by atoms with van der Waals surface area (Å²) < 4.78 is 27.3. The topological polar surface area (TPSA) is 72.2 Å². The fraction of sp³-hybridized carbons (Fsp3) is 0.0769. The van der Waals surface area contributed by atoms with Crippen molar-refractivity contribution in [2.45, 2.75) is 9.79 Å². The zero-order valence-corrected chi connectivity index (χ0v) is 13.0. The summed E-state index contributed by atoms with van der Waals surface area (Å²) in [5.41, 5.74) is 6.39. The van der Waals surface area contributed by atoms with E-state index in [2.05, 4.69) is 4.72 Å². The third kappa shape index (κ3) is 3.20. The summed E-state index contributed by atoms with van der Waals surface area (Å²) in [6.45, 7) is 0. The second kappa shape index (κ2) is 5.95. The Hall–Kier alpha value is -1.37. The second-order valence-electron chi connectivity index (χ2n) is 3.99. The van der Waals surface area contributed by atoms with E-state index in [9.17, 15) is 8.42 Å². The van der Waals surface area contributed by atoms with Crippen LogP contribution in [0.4, 0.5) is 11.4 Å². The van der Waals surface area contributed by atoms with E-state index in [1.54, 1.807) is 18.2 Å². The number of thioether (sulfide) groups is 1. The molecule has 0 aliphatic rings. The first-order chi connectivity index (χ1) is 9.44. The van der Waals surface area contributed by atoms with Crippen LogP contribution in [0, 0.1) is 0 Å². The number of nitrogen functional groups attached to an aromatic ring is 1. The minimum absolute atomic E-state index is 0.0269. The van der Waals surface area contributed by atoms with Crippen LogP contribution in [0.15, 0.2) is 52.3 Å². The molecule has 0 saturated heterocycles. The van der Waals surface area contributed by atoms with Crippen LogP contribution in [0.3, 0.4) is 0 Å². The highest BCUT2D eigenvalue weighted by Crippen LogP contribution is 2.29. The molecule has 0 amide bonds. The van der Waals surface area contributed by atoms with Crippen LogP contribution in [-0.4, -0.2) is 14.7 Å². The molecule has 2 aromatic rings. The Kier molecular flexibility index (Phi) is 4.47. The van der Waals surface area contributed by atoms with Crippen molar-refractivity contribution in [1.29, 1.82) is 0 Å². The Labute approximate surface area is 127 Å². The predicted molar refractivity (Wildman–Crippen MR) is 84.9 cm³/mol. The van der Waals surface area contributed by atoms with E-state index in [0.717, 1.165) is 4.90 Å². The fourth-order valence-electron chi connectivity index (χ4n) is 1.67. The molecular formula is C13H13ClN2O2S2. The lowest BCUT2D eigenvalue weighted by Gasteiger charge is -2.12. The number of halogens is 1. The molecule has 0 unspecified atom stereocenters. The number of benzene rings is 2. The molecule has 0 spiro atoms. The van der Waals surface area contributed by atoms with Gasteiger partial charge in [0.25, 0.3) is 10.0 Å². The zero-order valence-electron chi connectivity index (χ0n) is 10.6. The minimum Gasteiger partial charge on any atom is -0.398 e. The van der Waals surface area contributed by atoms with Crippen LogP contribution in [0.2, 0.25) is 5.02 Å². The van der Waals surface area contributed by atoms with Crippen molar-refractivity contribution in [2.75, 3.05) is 16.7 Å². The number of hydrogen-bond acceptors (Lipinski definition) is 4. The van der Waals surface area contributed by atoms with Crippen molar-refractivity contribution in [3.8, 4) is 0 Å². The van der Waals surface area contributed by atoms with Gasteiger partial charge in [-0.15, -0.1) is 11.8 Å². The molecule has 0 aliphatic carbocycles. The number of para-hydroxylation sites is 1. The van der Waals surface area contributed by atoms with Crippen molar-refractivity contribution in [2.24, 2.45) is 0 Å². The molecular weight excluding hydrogens is 316 g/mol. The monoisotopic (exact) mass is 328 g/mol. The summed E-state index contributed by atoms with van der Waals surface area (Å²) in [6.07, 6.45) is 1.88. The lowest BCUT2D eigenvalue weighted by Crippen LogP contribution is -2.15. The Morgan fingerprint density at radius 2 is 1.90 bits per heavy atom. The van der Waals surface area contributed by atoms with Crippen molar-refractivity contribution in [3.63, 3.8) is 0 Å². The van der Waals surface area contributed by atoms with E-state index < -0.39 is 10.0 Å². The highest BCUT2D eigenvalue weighted by Gasteiger charge is 2.19. The number of nitrogens with one attached hydrogen (secondary N) is 1. The normalized spacial score (nSPS) is 11.3. The van der Waals surface area contributed by atoms with Gasteiger partial charge < -0.3 is 5.73 Å². The maximum absolute atomic E-state index is 12.4. The third-order valence-corrected chi connectivity index (χ3v) is 5.07. The molecule has 4 nitrogen and oxygen atoms in total. The first-order valence-corrected chi connectivity index (χ1v) is 8.73. The molecule has 0 atom stereocenters. The third-order valence-electron chi connectivity index (χ3n) is 2.62. The van der Waals surface area contributed by atoms with Gasteiger partial charge in [0.05, 0.1) is 11.4 Å². The molecule has 0 aromatic heterocycles. The Bertz CT molecular complexity index is 733. The molecule has 2 rings (SSSR count). The molecule has 0 heterocycles. The molecule has 7 heteroatoms. The van der Waals surface area contributed by atoms with E-state index in [1.807, 2.05) is 18.4 Å². The van der Waals surface area contributed by atoms with Gasteiger partial charge in [-0.1, -0.05) is 23.7 Å². The molecule has 0 radical (unpaired) electrons. The van der Waals surface area contributed by atoms with Crippen LogP contribution in [0.5, 0.6) is 0 Å². The zero-order chi connectivity index (χ0) is 14.8. The van der Waals surface area contributed by atoms with Gasteiger partial charge in [0, 0.05) is 9.92 Å². The first-order valence-electron chi connectivity index (χ1n) is 5.65. The van der Waals surface area contributed by atoms with Gasteiger partial charge in [-0.3, -0.25) is 4.72 Å². The van der Waals surface area contributed by atoms with Crippen molar-refractivity contribution in [1.82, 2.24) is 0 Å². The lowest BCUT2D eigenvalue weighted by atomic mass is 10.3. The molecule has 0 aliphatic heterocycles. The summed E-state index contributed by atoms with van der Waals surface area (Å²) in [7, 11) is -3.77. The van der Waals surface area contributed by atoms with Crippen molar-refractivity contribution in [3.05, 3.63) is 47.5 Å². The molecule has 0 saturated carbocycles. The Balaban J connectivity index is 2.43. The molecule has 106 valence electrons. The van der Waals surface area contributed by atoms with E-state index in [1.165, 1.54) is 23.9 Å². The molecule has 0 bridgehead atoms. The van der Waals surface area contributed by atoms with Gasteiger partial charge in [0.2, 0.25) is 0 Å². The number of sulfonamides is 1. The number of anilines is 2. The summed E-state index contributed by atoms with van der Waals surface area (Å²) in [4.78, 5) is 0.803. The summed E-state index contributed by atoms with van der Waals surface area (Å²) in [5.74, 6) is 0. The highest BCUT2D eigenvalue weighted by atomic mass is 35.5. The fourth-order valence-corrected chi connectivity index (χ4v) is 3.76. The van der Waals surface area contributed by atoms with Gasteiger partial charge >= 0.3 is 0 Å². The minimum atomic E-state index is -3.77. The van der Waals surface area contributed by atoms with Crippen molar-refractivity contribution < 1.29 is 8.42 Å². The van der Waals surface area contributed by atoms with Crippen LogP contribution in [0.1, 0.15) is 0 Å². The van der Waals surface area contributed by atoms with Gasteiger partial charge in [-0.25, -0.2) is 8.42 Å². The average molecular weight is 329 g/mol. The quantitative estimate of drug-likeness (QED) is 0.666. The molecule has 2 aromatic carbocycles. The Morgan fingerprint density at radius 3 is 2.60 bits per heavy atom. The maximum atomic E-state index is 12.4. The standard InChI is InChI=1S/C13H13ClN2O2S2/c1-19-12-5-3-2-4-11(12)16-20(17,18)13-8-9(14)6-7-10(13)15/h2-8,16H,15H2,1H3. The van der Waals surface area contributed by atoms with E-state index >= 15 is 0 Å². The van der Waals surface area contributed by atoms with Gasteiger partial charge in [-0.2, -0.15) is 0 Å². The van der Waals surface area contributed by atoms with E-state index in [4.69, 9.17) is 17.3 Å². The summed E-state index contributed by atoms with van der Waals surface area (Å²) in [5, 5.41) is 0.317. The summed E-state index contributed by atoms with van der Waals surface area (Å²) in [6, 6.07) is 11.5. The number of rotatable bonds is 4. The Morgan fingerprint density at radius 1 is 1.20 bits per heavy atom. The lowest BCUT2D eigenvalue weighted by molar-refractivity contribution is 0.601. The van der Waals surface area contributed by atoms with Crippen LogP contribution < -0.4 is 10.5 Å². The van der Waals surface area contributed by atoms with Crippen LogP contribution in [-0.2, 0) is 10.0 Å². The van der Waals surface area contributed by atoms with E-state index in [0.29, 0.717) is 10.7 Å². The van der Waals surface area contributed by atoms with Crippen LogP contribution >= 0.6 is 23.4 Å². The van der Waals surface area contributed by atoms with Crippen LogP contribution in [0.25, 0.3) is 0 Å². The van der Waals surface area contributed by atoms with E-state index in [-0.39, 0.29) is 10.6 Å². The smallest absolute Gasteiger partial charge is 0.264 e. The highest BCUT2D eigenvalue weighted by molar-refractivity contribution is 7.99. The SMILES string of the molecule is CSc1ccccc1NS(=O)(=O)c1cc(Cl)ccc1N. The van der Waals surface area contributed by atoms with Gasteiger partial charge in [0.1, 0.15) is 4.90 Å². The van der Waals surface area contributed by atoms with Gasteiger partial charge in [-0.05, 0) is 36.6 Å². The molecule has 0 fully saturated rings. The first kappa shape index (κ1) is 15.0. The largest absolute Gasteiger partial charge is 0.398 e. The molecule has 3 N–H and O–H groups in total. The maximum Gasteiger partial charge on any atom is 0.264 e. The predicted octanol–water partition coefficient (Wildman–Crippen LogP) is 3.44. The number of hydrogen-bond donors (Lipinski definition) is 2.